The number of hydrogen-bond acceptors (Lipinski definition) is 3. The van der Waals surface area contributed by atoms with Crippen LogP contribution in [0.15, 0.2) is 30.3 Å². The lowest BCUT2D eigenvalue weighted by Gasteiger charge is -2.39. The van der Waals surface area contributed by atoms with E-state index in [1.807, 2.05) is 13.0 Å². The maximum Gasteiger partial charge on any atom is 0.219 e. The zero-order valence-electron chi connectivity index (χ0n) is 13.2. The fourth-order valence-electron chi connectivity index (χ4n) is 2.86. The number of carbonyl (C=O) groups is 1. The number of amides is 1. The van der Waals surface area contributed by atoms with Crippen molar-refractivity contribution >= 4 is 5.91 Å². The molecule has 4 heteroatoms. The van der Waals surface area contributed by atoms with Crippen LogP contribution in [-0.4, -0.2) is 55.0 Å². The van der Waals surface area contributed by atoms with Crippen LogP contribution in [0.4, 0.5) is 0 Å². The van der Waals surface area contributed by atoms with Crippen LogP contribution in [-0.2, 0) is 4.79 Å². The van der Waals surface area contributed by atoms with Crippen LogP contribution in [0.25, 0.3) is 0 Å². The maximum absolute atomic E-state index is 11.6. The number of nitrogens with one attached hydrogen (secondary N) is 1. The molecule has 1 saturated heterocycles. The van der Waals surface area contributed by atoms with Crippen molar-refractivity contribution in [3.63, 3.8) is 0 Å². The quantitative estimate of drug-likeness (QED) is 0.869. The molecule has 0 bridgehead atoms. The van der Waals surface area contributed by atoms with Crippen molar-refractivity contribution in [3.05, 3.63) is 35.9 Å². The molecule has 0 aromatic heterocycles. The van der Waals surface area contributed by atoms with Gasteiger partial charge in [0.2, 0.25) is 5.91 Å². The van der Waals surface area contributed by atoms with Gasteiger partial charge in [0.1, 0.15) is 0 Å². The molecule has 1 fully saturated rings. The van der Waals surface area contributed by atoms with E-state index in [-0.39, 0.29) is 11.9 Å². The minimum absolute atomic E-state index is 0.128. The topological polar surface area (TPSA) is 35.6 Å². The van der Waals surface area contributed by atoms with Gasteiger partial charge in [0.25, 0.3) is 0 Å². The lowest BCUT2D eigenvalue weighted by atomic mass is 10.0. The molecule has 1 aromatic carbocycles. The van der Waals surface area contributed by atoms with Gasteiger partial charge in [0, 0.05) is 39.1 Å². The van der Waals surface area contributed by atoms with Crippen molar-refractivity contribution < 1.29 is 4.79 Å². The van der Waals surface area contributed by atoms with Crippen LogP contribution in [0.1, 0.15) is 31.9 Å². The first-order valence-corrected chi connectivity index (χ1v) is 8.02. The van der Waals surface area contributed by atoms with E-state index in [9.17, 15) is 4.79 Å². The van der Waals surface area contributed by atoms with E-state index in [0.29, 0.717) is 13.0 Å². The highest BCUT2D eigenvalue weighted by molar-refractivity contribution is 5.75. The van der Waals surface area contributed by atoms with E-state index >= 15 is 0 Å². The smallest absolute Gasteiger partial charge is 0.219 e. The molecule has 0 radical (unpaired) electrons. The summed E-state index contributed by atoms with van der Waals surface area (Å²) in [5.74, 6) is 0.128. The molecule has 0 spiro atoms. The van der Waals surface area contributed by atoms with Gasteiger partial charge in [-0.15, -0.1) is 0 Å². The third-order valence-corrected chi connectivity index (χ3v) is 4.29. The fourth-order valence-corrected chi connectivity index (χ4v) is 2.86. The molecule has 1 aromatic rings. The lowest BCUT2D eigenvalue weighted by molar-refractivity contribution is -0.121. The second-order valence-corrected chi connectivity index (χ2v) is 5.55. The van der Waals surface area contributed by atoms with E-state index in [1.54, 1.807) is 0 Å². The second-order valence-electron chi connectivity index (χ2n) is 5.55. The van der Waals surface area contributed by atoms with Crippen molar-refractivity contribution in [3.8, 4) is 0 Å². The molecule has 0 aliphatic carbocycles. The summed E-state index contributed by atoms with van der Waals surface area (Å²) in [5.41, 5.74) is 1.29. The first kappa shape index (κ1) is 16.0. The SMILES string of the molecule is CCC(=O)NCC(c1ccccc1)N1CCN(CC)CC1. The number of likely N-dealkylation sites (N-methyl/N-ethyl adjacent to an activating group) is 1. The summed E-state index contributed by atoms with van der Waals surface area (Å²) in [7, 11) is 0. The van der Waals surface area contributed by atoms with Crippen LogP contribution in [0, 0.1) is 0 Å². The van der Waals surface area contributed by atoms with Crippen molar-refractivity contribution in [2.75, 3.05) is 39.3 Å². The average molecular weight is 289 g/mol. The fraction of sp³-hybridized carbons (Fsp3) is 0.588. The molecule has 1 heterocycles. The Morgan fingerprint density at radius 2 is 1.81 bits per heavy atom. The van der Waals surface area contributed by atoms with Gasteiger partial charge in [0.05, 0.1) is 6.04 Å². The molecule has 1 atom stereocenters. The average Bonchev–Trinajstić information content (AvgIpc) is 2.56. The Morgan fingerprint density at radius 1 is 1.14 bits per heavy atom. The zero-order chi connectivity index (χ0) is 15.1. The van der Waals surface area contributed by atoms with E-state index < -0.39 is 0 Å². The molecule has 1 aliphatic rings. The summed E-state index contributed by atoms with van der Waals surface area (Å²) in [4.78, 5) is 16.6. The second kappa shape index (κ2) is 8.15. The van der Waals surface area contributed by atoms with E-state index in [4.69, 9.17) is 0 Å². The van der Waals surface area contributed by atoms with Gasteiger partial charge in [-0.3, -0.25) is 9.69 Å². The van der Waals surface area contributed by atoms with Gasteiger partial charge in [-0.25, -0.2) is 0 Å². The van der Waals surface area contributed by atoms with Crippen molar-refractivity contribution in [1.29, 1.82) is 0 Å². The first-order chi connectivity index (χ1) is 10.2. The number of hydrogen-bond donors (Lipinski definition) is 1. The molecular formula is C17H27N3O. The Hall–Kier alpha value is -1.39. The summed E-state index contributed by atoms with van der Waals surface area (Å²) in [6.07, 6.45) is 0.547. The molecule has 21 heavy (non-hydrogen) atoms. The summed E-state index contributed by atoms with van der Waals surface area (Å²) in [6, 6.07) is 10.8. The van der Waals surface area contributed by atoms with Crippen LogP contribution >= 0.6 is 0 Å². The van der Waals surface area contributed by atoms with Gasteiger partial charge < -0.3 is 10.2 Å². The summed E-state index contributed by atoms with van der Waals surface area (Å²) in [5, 5.41) is 3.06. The van der Waals surface area contributed by atoms with Crippen molar-refractivity contribution in [2.24, 2.45) is 0 Å². The molecule has 1 aliphatic heterocycles. The first-order valence-electron chi connectivity index (χ1n) is 8.02. The zero-order valence-corrected chi connectivity index (χ0v) is 13.2. The highest BCUT2D eigenvalue weighted by Gasteiger charge is 2.24. The van der Waals surface area contributed by atoms with E-state index in [0.717, 1.165) is 32.7 Å². The predicted octanol–water partition coefficient (Wildman–Crippen LogP) is 1.89. The van der Waals surface area contributed by atoms with Crippen molar-refractivity contribution in [1.82, 2.24) is 15.1 Å². The molecular weight excluding hydrogens is 262 g/mol. The minimum atomic E-state index is 0.128. The third-order valence-electron chi connectivity index (χ3n) is 4.29. The molecule has 2 rings (SSSR count). The summed E-state index contributed by atoms with van der Waals surface area (Å²) >= 11 is 0. The summed E-state index contributed by atoms with van der Waals surface area (Å²) in [6.45, 7) is 10.3. The van der Waals surface area contributed by atoms with Gasteiger partial charge in [0.15, 0.2) is 0 Å². The van der Waals surface area contributed by atoms with Gasteiger partial charge in [-0.2, -0.15) is 0 Å². The molecule has 4 nitrogen and oxygen atoms in total. The minimum Gasteiger partial charge on any atom is -0.354 e. The van der Waals surface area contributed by atoms with Crippen molar-refractivity contribution in [2.45, 2.75) is 26.3 Å². The van der Waals surface area contributed by atoms with E-state index in [2.05, 4.69) is 46.3 Å². The summed E-state index contributed by atoms with van der Waals surface area (Å²) < 4.78 is 0. The number of rotatable bonds is 6. The Balaban J connectivity index is 2.03. The van der Waals surface area contributed by atoms with Crippen LogP contribution in [0.3, 0.4) is 0 Å². The van der Waals surface area contributed by atoms with Gasteiger partial charge >= 0.3 is 0 Å². The third kappa shape index (κ3) is 4.55. The number of piperazine rings is 1. The monoisotopic (exact) mass is 289 g/mol. The maximum atomic E-state index is 11.6. The molecule has 116 valence electrons. The Morgan fingerprint density at radius 3 is 2.38 bits per heavy atom. The number of carbonyl (C=O) groups excluding carboxylic acids is 1. The Kier molecular flexibility index (Phi) is 6.21. The van der Waals surface area contributed by atoms with Crippen LogP contribution < -0.4 is 5.32 Å². The van der Waals surface area contributed by atoms with Crippen LogP contribution in [0.5, 0.6) is 0 Å². The van der Waals surface area contributed by atoms with Crippen LogP contribution in [0.2, 0.25) is 0 Å². The van der Waals surface area contributed by atoms with Gasteiger partial charge in [-0.05, 0) is 12.1 Å². The molecule has 0 saturated carbocycles. The molecule has 1 N–H and O–H groups in total. The predicted molar refractivity (Wildman–Crippen MR) is 86.2 cm³/mol. The Bertz CT molecular complexity index is 427. The number of nitrogens with zero attached hydrogens (tertiary/aromatic N) is 2. The largest absolute Gasteiger partial charge is 0.354 e. The molecule has 1 unspecified atom stereocenters. The molecule has 1 amide bonds. The van der Waals surface area contributed by atoms with E-state index in [1.165, 1.54) is 5.56 Å². The number of benzene rings is 1. The van der Waals surface area contributed by atoms with Gasteiger partial charge in [-0.1, -0.05) is 44.2 Å². The Labute approximate surface area is 128 Å². The lowest BCUT2D eigenvalue weighted by Crippen LogP contribution is -2.49. The highest BCUT2D eigenvalue weighted by atomic mass is 16.1. The standard InChI is InChI=1S/C17H27N3O/c1-3-17(21)18-14-16(15-8-6-5-7-9-15)20-12-10-19(4-2)11-13-20/h5-9,16H,3-4,10-14H2,1-2H3,(H,18,21). The highest BCUT2D eigenvalue weighted by Crippen LogP contribution is 2.21. The normalized spacial score (nSPS) is 18.4.